The number of nitrogens with one attached hydrogen (secondary N) is 1. The lowest BCUT2D eigenvalue weighted by atomic mass is 10.3. The highest BCUT2D eigenvalue weighted by atomic mass is 79.9. The van der Waals surface area contributed by atoms with E-state index in [1.54, 1.807) is 18.9 Å². The van der Waals surface area contributed by atoms with Crippen LogP contribution in [-0.4, -0.2) is 22.8 Å². The Balaban J connectivity index is 1.93. The first-order valence-electron chi connectivity index (χ1n) is 6.35. The summed E-state index contributed by atoms with van der Waals surface area (Å²) in [5, 5.41) is 0. The van der Waals surface area contributed by atoms with Crippen molar-refractivity contribution in [3.05, 3.63) is 44.9 Å². The number of benzene rings is 1. The summed E-state index contributed by atoms with van der Waals surface area (Å²) in [4.78, 5) is 8.85. The monoisotopic (exact) mass is 384 g/mol. The van der Waals surface area contributed by atoms with Crippen LogP contribution < -0.4 is 4.74 Å². The predicted molar refractivity (Wildman–Crippen MR) is 88.4 cm³/mol. The van der Waals surface area contributed by atoms with Gasteiger partial charge in [0, 0.05) is 17.8 Å². The molecular weight excluding hydrogens is 372 g/mol. The summed E-state index contributed by atoms with van der Waals surface area (Å²) in [6.07, 6.45) is -0.143. The summed E-state index contributed by atoms with van der Waals surface area (Å²) in [5.74, 6) is 2.41. The molecule has 1 aliphatic rings. The number of rotatable bonds is 3. The Morgan fingerprint density at radius 2 is 2.33 bits per heavy atom. The van der Waals surface area contributed by atoms with Gasteiger partial charge in [0.15, 0.2) is 6.10 Å². The number of thioether (sulfide) groups is 1. The highest BCUT2D eigenvalue weighted by Gasteiger charge is 2.24. The first kappa shape index (κ1) is 15.0. The van der Waals surface area contributed by atoms with E-state index in [1.165, 1.54) is 0 Å². The molecule has 1 N–H and O–H groups in total. The Morgan fingerprint density at radius 3 is 3.14 bits per heavy atom. The second-order valence-electron chi connectivity index (χ2n) is 4.52. The maximum atomic E-state index is 6.03. The van der Waals surface area contributed by atoms with Crippen LogP contribution in [0.1, 0.15) is 17.6 Å². The Labute approximate surface area is 140 Å². The van der Waals surface area contributed by atoms with E-state index >= 15 is 0 Å². The third kappa shape index (κ3) is 3.15. The van der Waals surface area contributed by atoms with Crippen molar-refractivity contribution in [1.29, 1.82) is 0 Å². The minimum absolute atomic E-state index is 0.143. The van der Waals surface area contributed by atoms with Gasteiger partial charge in [-0.15, -0.1) is 11.8 Å². The lowest BCUT2D eigenvalue weighted by molar-refractivity contribution is 0.177. The second kappa shape index (κ2) is 6.48. The van der Waals surface area contributed by atoms with E-state index in [-0.39, 0.29) is 6.10 Å². The van der Waals surface area contributed by atoms with E-state index in [2.05, 4.69) is 32.0 Å². The van der Waals surface area contributed by atoms with Crippen LogP contribution in [0.4, 0.5) is 0 Å². The summed E-state index contributed by atoms with van der Waals surface area (Å²) in [7, 11) is 1.65. The van der Waals surface area contributed by atoms with Gasteiger partial charge >= 0.3 is 0 Å². The number of nitrogens with zero attached hydrogens (tertiary/aromatic N) is 1. The molecule has 2 heterocycles. The Bertz CT molecular complexity index is 720. The zero-order chi connectivity index (χ0) is 14.8. The average molecular weight is 385 g/mol. The van der Waals surface area contributed by atoms with Crippen LogP contribution in [0.15, 0.2) is 33.6 Å². The molecule has 1 unspecified atom stereocenters. The molecule has 0 spiro atoms. The quantitative estimate of drug-likeness (QED) is 0.800. The molecule has 0 aliphatic carbocycles. The number of methoxy groups -OCH3 is 1. The molecule has 3 rings (SSSR count). The lowest BCUT2D eigenvalue weighted by Gasteiger charge is -2.25. The van der Waals surface area contributed by atoms with Crippen LogP contribution in [-0.2, 0) is 11.3 Å². The minimum Gasteiger partial charge on any atom is -0.480 e. The predicted octanol–water partition coefficient (Wildman–Crippen LogP) is 4.27. The highest BCUT2D eigenvalue weighted by molar-refractivity contribution is 9.10. The molecule has 110 valence electrons. The number of aromatic nitrogens is 2. The summed E-state index contributed by atoms with van der Waals surface area (Å²) < 4.78 is 12.5. The summed E-state index contributed by atoms with van der Waals surface area (Å²) in [6, 6.07) is 8.01. The van der Waals surface area contributed by atoms with Gasteiger partial charge in [-0.05, 0) is 28.1 Å². The number of aromatic amines is 1. The molecule has 0 bridgehead atoms. The van der Waals surface area contributed by atoms with Gasteiger partial charge in [0.1, 0.15) is 16.2 Å². The molecule has 0 radical (unpaired) electrons. The standard InChI is InChI=1S/C14H13BrN2O2S2/c1-18-6-8-12(15)14(20)17-13(16-8)10-7-21-11-5-3-2-4-9(11)19-10/h2-5,10H,6-7H2,1H3,(H,16,17,20). The van der Waals surface area contributed by atoms with Crippen LogP contribution in [0.25, 0.3) is 0 Å². The molecule has 1 aliphatic heterocycles. The smallest absolute Gasteiger partial charge is 0.165 e. The van der Waals surface area contributed by atoms with E-state index in [1.807, 2.05) is 18.2 Å². The van der Waals surface area contributed by atoms with Gasteiger partial charge in [0.2, 0.25) is 0 Å². The van der Waals surface area contributed by atoms with E-state index in [4.69, 9.17) is 21.7 Å². The maximum Gasteiger partial charge on any atom is 0.165 e. The van der Waals surface area contributed by atoms with Gasteiger partial charge in [-0.3, -0.25) is 0 Å². The fourth-order valence-electron chi connectivity index (χ4n) is 2.08. The molecule has 7 heteroatoms. The number of H-pyrrole nitrogens is 1. The van der Waals surface area contributed by atoms with Crippen molar-refractivity contribution < 1.29 is 9.47 Å². The molecule has 1 atom stereocenters. The summed E-state index contributed by atoms with van der Waals surface area (Å²) >= 11 is 10.5. The maximum absolute atomic E-state index is 6.03. The van der Waals surface area contributed by atoms with Crippen molar-refractivity contribution in [3.8, 4) is 5.75 Å². The largest absolute Gasteiger partial charge is 0.480 e. The molecule has 0 fully saturated rings. The van der Waals surface area contributed by atoms with E-state index in [0.717, 1.165) is 32.4 Å². The average Bonchev–Trinajstić information content (AvgIpc) is 2.51. The first-order chi connectivity index (χ1) is 10.2. The van der Waals surface area contributed by atoms with Gasteiger partial charge in [0.05, 0.1) is 16.8 Å². The van der Waals surface area contributed by atoms with Gasteiger partial charge in [0.25, 0.3) is 0 Å². The number of fused-ring (bicyclic) bond motifs is 1. The van der Waals surface area contributed by atoms with E-state index in [9.17, 15) is 0 Å². The van der Waals surface area contributed by atoms with Gasteiger partial charge in [-0.25, -0.2) is 4.98 Å². The molecular formula is C14H13BrN2O2S2. The topological polar surface area (TPSA) is 47.1 Å². The zero-order valence-electron chi connectivity index (χ0n) is 11.3. The van der Waals surface area contributed by atoms with E-state index in [0.29, 0.717) is 11.2 Å². The SMILES string of the molecule is COCc1[nH]c(C2CSc3ccccc3O2)nc(=S)c1Br. The van der Waals surface area contributed by atoms with E-state index < -0.39 is 0 Å². The van der Waals surface area contributed by atoms with Crippen molar-refractivity contribution in [2.24, 2.45) is 0 Å². The van der Waals surface area contributed by atoms with Gasteiger partial charge in [-0.1, -0.05) is 24.4 Å². The Morgan fingerprint density at radius 1 is 1.52 bits per heavy atom. The van der Waals surface area contributed by atoms with Crippen molar-refractivity contribution in [2.45, 2.75) is 17.6 Å². The normalized spacial score (nSPS) is 17.1. The Kier molecular flexibility index (Phi) is 4.63. The molecule has 1 aromatic carbocycles. The van der Waals surface area contributed by atoms with Gasteiger partial charge in [-0.2, -0.15) is 0 Å². The van der Waals surface area contributed by atoms with Crippen LogP contribution in [0, 0.1) is 4.64 Å². The third-order valence-electron chi connectivity index (χ3n) is 3.06. The fourth-order valence-corrected chi connectivity index (χ4v) is 3.59. The fraction of sp³-hybridized carbons (Fsp3) is 0.286. The number of halogens is 1. The van der Waals surface area contributed by atoms with Crippen LogP contribution in [0.2, 0.25) is 0 Å². The first-order valence-corrected chi connectivity index (χ1v) is 8.53. The van der Waals surface area contributed by atoms with Crippen molar-refractivity contribution >= 4 is 39.9 Å². The second-order valence-corrected chi connectivity index (χ2v) is 6.76. The number of ether oxygens (including phenoxy) is 2. The number of para-hydroxylation sites is 1. The van der Waals surface area contributed by atoms with Crippen molar-refractivity contribution in [1.82, 2.24) is 9.97 Å². The molecule has 0 saturated heterocycles. The van der Waals surface area contributed by atoms with Crippen LogP contribution in [0.3, 0.4) is 0 Å². The Hall–Kier alpha value is -0.890. The third-order valence-corrected chi connectivity index (χ3v) is 5.59. The zero-order valence-corrected chi connectivity index (χ0v) is 14.5. The molecule has 0 saturated carbocycles. The molecule has 4 nitrogen and oxygen atoms in total. The number of hydrogen-bond donors (Lipinski definition) is 1. The van der Waals surface area contributed by atoms with Crippen LogP contribution in [0.5, 0.6) is 5.75 Å². The summed E-state index contributed by atoms with van der Waals surface area (Å²) in [6.45, 7) is 0.441. The van der Waals surface area contributed by atoms with Gasteiger partial charge < -0.3 is 14.5 Å². The molecule has 21 heavy (non-hydrogen) atoms. The van der Waals surface area contributed by atoms with Crippen molar-refractivity contribution in [3.63, 3.8) is 0 Å². The molecule has 2 aromatic rings. The molecule has 0 amide bonds. The number of hydrogen-bond acceptors (Lipinski definition) is 5. The molecule has 1 aromatic heterocycles. The highest BCUT2D eigenvalue weighted by Crippen LogP contribution is 2.39. The lowest BCUT2D eigenvalue weighted by Crippen LogP contribution is -2.18. The summed E-state index contributed by atoms with van der Waals surface area (Å²) in [5.41, 5.74) is 0.875. The minimum atomic E-state index is -0.143. The van der Waals surface area contributed by atoms with Crippen molar-refractivity contribution in [2.75, 3.05) is 12.9 Å². The van der Waals surface area contributed by atoms with Crippen LogP contribution >= 0.6 is 39.9 Å².